The van der Waals surface area contributed by atoms with E-state index in [0.717, 1.165) is 22.0 Å². The summed E-state index contributed by atoms with van der Waals surface area (Å²) in [6.07, 6.45) is 0. The van der Waals surface area contributed by atoms with E-state index in [-0.39, 0.29) is 29.5 Å². The highest BCUT2D eigenvalue weighted by atomic mass is 16.6. The van der Waals surface area contributed by atoms with Crippen molar-refractivity contribution in [2.24, 2.45) is 10.2 Å². The Balaban J connectivity index is 1.32. The van der Waals surface area contributed by atoms with E-state index in [2.05, 4.69) is 26.3 Å². The van der Waals surface area contributed by atoms with Crippen LogP contribution in [0, 0.1) is 0 Å². The number of para-hydroxylation sites is 1. The number of hydrogen-bond donors (Lipinski definition) is 4. The van der Waals surface area contributed by atoms with Gasteiger partial charge < -0.3 is 20.5 Å². The maximum atomic E-state index is 13.4. The van der Waals surface area contributed by atoms with Crippen molar-refractivity contribution < 1.29 is 24.3 Å². The van der Waals surface area contributed by atoms with Crippen molar-refractivity contribution >= 4 is 56.1 Å². The first kappa shape index (κ1) is 30.8. The molecule has 0 spiro atoms. The van der Waals surface area contributed by atoms with Gasteiger partial charge in [0.25, 0.3) is 11.8 Å². The molecule has 10 nitrogen and oxygen atoms in total. The first-order valence-corrected chi connectivity index (χ1v) is 14.8. The third-order valence-corrected chi connectivity index (χ3v) is 7.56. The van der Waals surface area contributed by atoms with Gasteiger partial charge in [0, 0.05) is 29.1 Å². The highest BCUT2D eigenvalue weighted by molar-refractivity contribution is 6.12. The fourth-order valence-corrected chi connectivity index (χ4v) is 5.17. The Hall–Kier alpha value is -6.26. The molecule has 6 aromatic rings. The van der Waals surface area contributed by atoms with E-state index in [1.807, 2.05) is 78.9 Å². The molecule has 0 atom stereocenters. The van der Waals surface area contributed by atoms with Crippen LogP contribution in [0.2, 0.25) is 0 Å². The van der Waals surface area contributed by atoms with E-state index in [1.54, 1.807) is 30.3 Å². The minimum Gasteiger partial charge on any atom is -0.505 e. The zero-order valence-corrected chi connectivity index (χ0v) is 25.7. The van der Waals surface area contributed by atoms with Crippen LogP contribution in [0.3, 0.4) is 0 Å². The molecule has 0 aliphatic rings. The topological polar surface area (TPSA) is 134 Å². The van der Waals surface area contributed by atoms with Crippen molar-refractivity contribution in [3.05, 3.63) is 132 Å². The number of azo groups is 1. The van der Waals surface area contributed by atoms with Gasteiger partial charge in [0.15, 0.2) is 5.75 Å². The van der Waals surface area contributed by atoms with Crippen LogP contribution in [0.1, 0.15) is 26.3 Å². The largest absolute Gasteiger partial charge is 0.505 e. The molecule has 0 aliphatic heterocycles. The van der Waals surface area contributed by atoms with Gasteiger partial charge in [-0.25, -0.2) is 0 Å². The number of amides is 2. The molecule has 0 aliphatic carbocycles. The van der Waals surface area contributed by atoms with E-state index in [1.165, 1.54) is 20.2 Å². The smallest absolute Gasteiger partial charge is 0.255 e. The highest BCUT2D eigenvalue weighted by Crippen LogP contribution is 2.41. The van der Waals surface area contributed by atoms with Crippen LogP contribution in [0.4, 0.5) is 22.7 Å². The molecule has 6 aromatic carbocycles. The molecule has 6 rings (SSSR count). The first-order valence-electron chi connectivity index (χ1n) is 14.8. The van der Waals surface area contributed by atoms with Gasteiger partial charge in [-0.05, 0) is 64.9 Å². The molecule has 234 valence electrons. The second kappa shape index (κ2) is 13.8. The summed E-state index contributed by atoms with van der Waals surface area (Å²) in [4.78, 5) is 31.8. The Morgan fingerprint density at radius 3 is 2.36 bits per heavy atom. The number of rotatable bonds is 10. The number of aromatic hydroxyl groups is 1. The zero-order chi connectivity index (χ0) is 32.8. The lowest BCUT2D eigenvalue weighted by Crippen LogP contribution is -2.18. The van der Waals surface area contributed by atoms with Gasteiger partial charge in [-0.2, -0.15) is 0 Å². The Bertz CT molecular complexity index is 2130. The van der Waals surface area contributed by atoms with Crippen LogP contribution in [0.25, 0.3) is 21.5 Å². The fraction of sp³-hybridized carbons (Fsp3) is 0.0811. The summed E-state index contributed by atoms with van der Waals surface area (Å²) < 4.78 is 5.50. The van der Waals surface area contributed by atoms with Gasteiger partial charge in [0.1, 0.15) is 17.1 Å². The van der Waals surface area contributed by atoms with Crippen molar-refractivity contribution in [1.82, 2.24) is 5.32 Å². The number of hydrogen-bond acceptors (Lipinski definition) is 8. The number of carbonyl (C=O) groups excluding carboxylic acids is 2. The molecule has 10 heteroatoms. The third kappa shape index (κ3) is 6.73. The lowest BCUT2D eigenvalue weighted by molar-refractivity contribution is 0.0959. The number of carbonyl (C=O) groups is 2. The van der Waals surface area contributed by atoms with E-state index in [0.29, 0.717) is 33.5 Å². The number of fused-ring (bicyclic) bond motifs is 2. The number of phenols is 1. The van der Waals surface area contributed by atoms with Gasteiger partial charge in [-0.1, -0.05) is 66.7 Å². The monoisotopic (exact) mass is 625 g/mol. The summed E-state index contributed by atoms with van der Waals surface area (Å²) in [6.45, 7) is 0.228. The van der Waals surface area contributed by atoms with Crippen LogP contribution in [0.15, 0.2) is 125 Å². The minimum absolute atomic E-state index is 0.0123. The molecular weight excluding hydrogens is 594 g/mol. The standard InChI is InChI=1S/C37H31N5O5/c1-38-37(45)30-21-26-20-25(36(44)39-31-14-8-10-24-9-6-7-13-28(24)31)16-17-29(26)34(35(30)43)41-40-32-19-23(15-18-33(32)46-2)22-47-42-27-11-4-3-5-12-27/h3-21,42-43H,22H2,1-2H3,(H,38,45)(H,39,44). The summed E-state index contributed by atoms with van der Waals surface area (Å²) in [5.41, 5.74) is 5.98. The summed E-state index contributed by atoms with van der Waals surface area (Å²) in [7, 11) is 2.98. The van der Waals surface area contributed by atoms with Crippen molar-refractivity contribution in [1.29, 1.82) is 0 Å². The summed E-state index contributed by atoms with van der Waals surface area (Å²) in [5.74, 6) is -0.744. The van der Waals surface area contributed by atoms with E-state index < -0.39 is 5.91 Å². The van der Waals surface area contributed by atoms with Crippen LogP contribution >= 0.6 is 0 Å². The SMILES string of the molecule is CNC(=O)c1cc2cc(C(=O)Nc3cccc4ccccc34)ccc2c(N=Nc2cc(CONc3ccccc3)ccc2OC)c1O. The van der Waals surface area contributed by atoms with Crippen LogP contribution < -0.4 is 20.9 Å². The molecule has 0 fully saturated rings. The molecule has 47 heavy (non-hydrogen) atoms. The van der Waals surface area contributed by atoms with Gasteiger partial charge in [0.2, 0.25) is 0 Å². The van der Waals surface area contributed by atoms with E-state index in [4.69, 9.17) is 9.57 Å². The predicted molar refractivity (Wildman–Crippen MR) is 183 cm³/mol. The minimum atomic E-state index is -0.519. The summed E-state index contributed by atoms with van der Waals surface area (Å²) in [5, 5.41) is 28.4. The Kier molecular flexibility index (Phi) is 9.03. The number of ether oxygens (including phenoxy) is 1. The molecule has 0 unspecified atom stereocenters. The zero-order valence-electron chi connectivity index (χ0n) is 25.7. The number of phenolic OH excluding ortho intramolecular Hbond substituents is 1. The average molecular weight is 626 g/mol. The lowest BCUT2D eigenvalue weighted by Gasteiger charge is -2.12. The molecule has 2 amide bonds. The van der Waals surface area contributed by atoms with Gasteiger partial charge in [-0.15, -0.1) is 10.2 Å². The van der Waals surface area contributed by atoms with Gasteiger partial charge in [0.05, 0.1) is 25.0 Å². The average Bonchev–Trinajstić information content (AvgIpc) is 3.11. The highest BCUT2D eigenvalue weighted by Gasteiger charge is 2.19. The number of anilines is 2. The van der Waals surface area contributed by atoms with Crippen LogP contribution in [-0.4, -0.2) is 31.1 Å². The normalized spacial score (nSPS) is 11.1. The second-order valence-corrected chi connectivity index (χ2v) is 10.6. The number of methoxy groups -OCH3 is 1. The third-order valence-electron chi connectivity index (χ3n) is 7.56. The van der Waals surface area contributed by atoms with Gasteiger partial charge in [-0.3, -0.25) is 19.9 Å². The van der Waals surface area contributed by atoms with E-state index in [9.17, 15) is 14.7 Å². The van der Waals surface area contributed by atoms with Gasteiger partial charge >= 0.3 is 0 Å². The van der Waals surface area contributed by atoms with Crippen molar-refractivity contribution in [2.75, 3.05) is 25.0 Å². The van der Waals surface area contributed by atoms with Crippen molar-refractivity contribution in [3.8, 4) is 11.5 Å². The second-order valence-electron chi connectivity index (χ2n) is 10.6. The molecule has 4 N–H and O–H groups in total. The Labute approximate surface area is 270 Å². The molecule has 0 aromatic heterocycles. The number of benzene rings is 6. The fourth-order valence-electron chi connectivity index (χ4n) is 5.17. The van der Waals surface area contributed by atoms with Crippen molar-refractivity contribution in [2.45, 2.75) is 6.61 Å². The maximum absolute atomic E-state index is 13.4. The lowest BCUT2D eigenvalue weighted by atomic mass is 10.0. The Morgan fingerprint density at radius 1 is 0.766 bits per heavy atom. The first-order chi connectivity index (χ1) is 22.9. The molecule has 0 radical (unpaired) electrons. The summed E-state index contributed by atoms with van der Waals surface area (Å²) in [6, 6.07) is 34.8. The Morgan fingerprint density at radius 2 is 1.55 bits per heavy atom. The maximum Gasteiger partial charge on any atom is 0.255 e. The molecule has 0 saturated heterocycles. The number of nitrogens with one attached hydrogen (secondary N) is 3. The number of nitrogens with zero attached hydrogens (tertiary/aromatic N) is 2. The van der Waals surface area contributed by atoms with Crippen LogP contribution in [-0.2, 0) is 11.4 Å². The predicted octanol–water partition coefficient (Wildman–Crippen LogP) is 8.28. The quantitative estimate of drug-likeness (QED) is 0.0894. The molecule has 0 bridgehead atoms. The summed E-state index contributed by atoms with van der Waals surface area (Å²) >= 11 is 0. The molecule has 0 heterocycles. The van der Waals surface area contributed by atoms with E-state index >= 15 is 0 Å². The van der Waals surface area contributed by atoms with Crippen molar-refractivity contribution in [3.63, 3.8) is 0 Å². The molecule has 0 saturated carbocycles. The van der Waals surface area contributed by atoms with Crippen LogP contribution in [0.5, 0.6) is 11.5 Å². The molecular formula is C37H31N5O5.